The topological polar surface area (TPSA) is 62.1 Å². The Morgan fingerprint density at radius 2 is 1.80 bits per heavy atom. The minimum absolute atomic E-state index is 0.0414. The predicted molar refractivity (Wildman–Crippen MR) is 102 cm³/mol. The van der Waals surface area contributed by atoms with E-state index in [1.165, 1.54) is 12.1 Å². The van der Waals surface area contributed by atoms with Crippen molar-refractivity contribution in [2.45, 2.75) is 45.5 Å². The molecule has 0 saturated carbocycles. The second-order valence-corrected chi connectivity index (χ2v) is 7.10. The Balaban J connectivity index is 1.73. The molecule has 9 heteroatoms. The van der Waals surface area contributed by atoms with E-state index in [1.807, 2.05) is 32.0 Å². The summed E-state index contributed by atoms with van der Waals surface area (Å²) >= 11 is 0. The van der Waals surface area contributed by atoms with Gasteiger partial charge in [-0.05, 0) is 54.8 Å². The molecule has 0 fully saturated rings. The van der Waals surface area contributed by atoms with Crippen molar-refractivity contribution in [2.24, 2.45) is 5.10 Å². The second kappa shape index (κ2) is 8.43. The fraction of sp³-hybridized carbons (Fsp3) is 0.333. The van der Waals surface area contributed by atoms with Crippen LogP contribution in [0.3, 0.4) is 0 Å². The maximum atomic E-state index is 13.3. The largest absolute Gasteiger partial charge is 0.489 e. The molecule has 1 atom stereocenters. The lowest BCUT2D eigenvalue weighted by Gasteiger charge is -2.30. The summed E-state index contributed by atoms with van der Waals surface area (Å²) in [6, 6.07) is 11.4. The standard InChI is InChI=1S/C21H20F4N2O3/c1-12-3-8-16(9-13(12)2)30-11-14-4-6-15(7-5-14)19(28)27-21(29,20(24)25)10-17(26-27)18(22)23/h3-9,18,20,29H,10-11H2,1-2H3/t21-/m1/s1. The van der Waals surface area contributed by atoms with Crippen molar-refractivity contribution < 1.29 is 32.2 Å². The van der Waals surface area contributed by atoms with Crippen LogP contribution in [0.5, 0.6) is 5.75 Å². The van der Waals surface area contributed by atoms with Crippen molar-refractivity contribution in [1.29, 1.82) is 0 Å². The number of carbonyl (C=O) groups excluding carboxylic acids is 1. The number of aryl methyl sites for hydroxylation is 2. The molecule has 0 spiro atoms. The number of aliphatic hydroxyl groups is 1. The van der Waals surface area contributed by atoms with Crippen molar-refractivity contribution in [3.63, 3.8) is 0 Å². The Kier molecular flexibility index (Phi) is 6.12. The van der Waals surface area contributed by atoms with Crippen LogP contribution in [-0.4, -0.2) is 40.3 Å². The lowest BCUT2D eigenvalue weighted by atomic mass is 10.1. The number of hydrazone groups is 1. The fourth-order valence-corrected chi connectivity index (χ4v) is 2.94. The van der Waals surface area contributed by atoms with Gasteiger partial charge in [-0.3, -0.25) is 4.79 Å². The third-order valence-corrected chi connectivity index (χ3v) is 4.92. The van der Waals surface area contributed by atoms with E-state index in [2.05, 4.69) is 5.10 Å². The van der Waals surface area contributed by atoms with E-state index >= 15 is 0 Å². The first-order chi connectivity index (χ1) is 14.1. The van der Waals surface area contributed by atoms with Gasteiger partial charge < -0.3 is 9.84 Å². The Morgan fingerprint density at radius 1 is 1.13 bits per heavy atom. The van der Waals surface area contributed by atoms with Crippen LogP contribution in [0.2, 0.25) is 0 Å². The number of alkyl halides is 4. The Hall–Kier alpha value is -2.94. The molecular weight excluding hydrogens is 404 g/mol. The predicted octanol–water partition coefficient (Wildman–Crippen LogP) is 4.30. The number of hydrogen-bond acceptors (Lipinski definition) is 4. The van der Waals surface area contributed by atoms with E-state index in [-0.39, 0.29) is 17.2 Å². The summed E-state index contributed by atoms with van der Waals surface area (Å²) < 4.78 is 58.0. The summed E-state index contributed by atoms with van der Waals surface area (Å²) in [6.07, 6.45) is -7.74. The maximum Gasteiger partial charge on any atom is 0.287 e. The monoisotopic (exact) mass is 424 g/mol. The SMILES string of the molecule is Cc1ccc(OCc2ccc(C(=O)N3N=C(C(F)F)C[C@@]3(O)C(F)F)cc2)cc1C. The van der Waals surface area contributed by atoms with E-state index in [0.29, 0.717) is 11.3 Å². The van der Waals surface area contributed by atoms with Gasteiger partial charge in [0, 0.05) is 12.0 Å². The lowest BCUT2D eigenvalue weighted by Crippen LogP contribution is -2.51. The van der Waals surface area contributed by atoms with Gasteiger partial charge in [-0.1, -0.05) is 18.2 Å². The molecule has 1 heterocycles. The number of halogens is 4. The summed E-state index contributed by atoms with van der Waals surface area (Å²) in [6.45, 7) is 4.15. The van der Waals surface area contributed by atoms with Crippen LogP contribution < -0.4 is 4.74 Å². The average molecular weight is 424 g/mol. The van der Waals surface area contributed by atoms with E-state index in [9.17, 15) is 27.5 Å². The van der Waals surface area contributed by atoms with E-state index in [4.69, 9.17) is 4.74 Å². The van der Waals surface area contributed by atoms with Gasteiger partial charge in [-0.25, -0.2) is 17.6 Å². The summed E-state index contributed by atoms with van der Waals surface area (Å²) in [5.74, 6) is -0.429. The van der Waals surface area contributed by atoms with E-state index in [0.717, 1.165) is 11.1 Å². The van der Waals surface area contributed by atoms with Gasteiger partial charge in [0.2, 0.25) is 5.72 Å². The van der Waals surface area contributed by atoms with Gasteiger partial charge >= 0.3 is 0 Å². The van der Waals surface area contributed by atoms with Crippen molar-refractivity contribution in [3.8, 4) is 5.75 Å². The van der Waals surface area contributed by atoms with E-state index < -0.39 is 36.6 Å². The van der Waals surface area contributed by atoms with Gasteiger partial charge in [-0.2, -0.15) is 10.1 Å². The third-order valence-electron chi connectivity index (χ3n) is 4.92. The van der Waals surface area contributed by atoms with Crippen LogP contribution in [0, 0.1) is 13.8 Å². The number of carbonyl (C=O) groups is 1. The van der Waals surface area contributed by atoms with Crippen molar-refractivity contribution in [1.82, 2.24) is 5.01 Å². The lowest BCUT2D eigenvalue weighted by molar-refractivity contribution is -0.164. The van der Waals surface area contributed by atoms with Gasteiger partial charge in [0.1, 0.15) is 18.1 Å². The number of nitrogens with zero attached hydrogens (tertiary/aromatic N) is 2. The zero-order valence-corrected chi connectivity index (χ0v) is 16.3. The van der Waals surface area contributed by atoms with Crippen LogP contribution in [0.1, 0.15) is 33.5 Å². The molecule has 1 aliphatic heterocycles. The van der Waals surface area contributed by atoms with Crippen molar-refractivity contribution >= 4 is 11.6 Å². The maximum absolute atomic E-state index is 13.3. The number of amides is 1. The van der Waals surface area contributed by atoms with Gasteiger partial charge in [0.25, 0.3) is 18.8 Å². The molecular formula is C21H20F4N2O3. The number of hydrogen-bond donors (Lipinski definition) is 1. The fourth-order valence-electron chi connectivity index (χ4n) is 2.94. The Labute approximate surface area is 170 Å². The summed E-state index contributed by atoms with van der Waals surface area (Å²) in [4.78, 5) is 12.5. The quantitative estimate of drug-likeness (QED) is 0.704. The second-order valence-electron chi connectivity index (χ2n) is 7.10. The molecule has 2 aromatic carbocycles. The third kappa shape index (κ3) is 4.30. The van der Waals surface area contributed by atoms with Crippen LogP contribution in [0.25, 0.3) is 0 Å². The normalized spacial score (nSPS) is 18.8. The van der Waals surface area contributed by atoms with Gasteiger partial charge in [0.05, 0.1) is 0 Å². The minimum Gasteiger partial charge on any atom is -0.489 e. The van der Waals surface area contributed by atoms with E-state index in [1.54, 1.807) is 12.1 Å². The number of benzene rings is 2. The summed E-state index contributed by atoms with van der Waals surface area (Å²) in [7, 11) is 0. The molecule has 5 nitrogen and oxygen atoms in total. The molecule has 3 rings (SSSR count). The minimum atomic E-state index is -3.47. The molecule has 160 valence electrons. The first-order valence-corrected chi connectivity index (χ1v) is 9.11. The highest BCUT2D eigenvalue weighted by Gasteiger charge is 2.53. The summed E-state index contributed by atoms with van der Waals surface area (Å²) in [5.41, 5.74) is -1.24. The average Bonchev–Trinajstić information content (AvgIpc) is 3.08. The Morgan fingerprint density at radius 3 is 2.37 bits per heavy atom. The molecule has 1 amide bonds. The molecule has 0 bridgehead atoms. The molecule has 0 saturated heterocycles. The molecule has 0 aliphatic carbocycles. The van der Waals surface area contributed by atoms with Crippen LogP contribution in [-0.2, 0) is 6.61 Å². The molecule has 1 N–H and O–H groups in total. The first-order valence-electron chi connectivity index (χ1n) is 9.11. The molecule has 0 unspecified atom stereocenters. The van der Waals surface area contributed by atoms with Crippen molar-refractivity contribution in [3.05, 3.63) is 64.7 Å². The highest BCUT2D eigenvalue weighted by atomic mass is 19.3. The van der Waals surface area contributed by atoms with Crippen LogP contribution in [0.15, 0.2) is 47.6 Å². The molecule has 30 heavy (non-hydrogen) atoms. The van der Waals surface area contributed by atoms with Gasteiger partial charge in [0.15, 0.2) is 0 Å². The Bertz CT molecular complexity index is 963. The molecule has 0 radical (unpaired) electrons. The van der Waals surface area contributed by atoms with Crippen LogP contribution >= 0.6 is 0 Å². The zero-order chi connectivity index (χ0) is 22.1. The smallest absolute Gasteiger partial charge is 0.287 e. The van der Waals surface area contributed by atoms with Gasteiger partial charge in [-0.15, -0.1) is 0 Å². The molecule has 0 aromatic heterocycles. The highest BCUT2D eigenvalue weighted by Crippen LogP contribution is 2.34. The highest BCUT2D eigenvalue weighted by molar-refractivity contribution is 5.99. The first kappa shape index (κ1) is 21.8. The van der Waals surface area contributed by atoms with Crippen LogP contribution in [0.4, 0.5) is 17.6 Å². The van der Waals surface area contributed by atoms with Crippen molar-refractivity contribution in [2.75, 3.05) is 0 Å². The number of rotatable bonds is 6. The summed E-state index contributed by atoms with van der Waals surface area (Å²) in [5, 5.41) is 13.4. The molecule has 2 aromatic rings. The molecule has 1 aliphatic rings. The number of ether oxygens (including phenoxy) is 1. The zero-order valence-electron chi connectivity index (χ0n) is 16.3.